The fourth-order valence-corrected chi connectivity index (χ4v) is 1.40. The highest BCUT2D eigenvalue weighted by atomic mass is 32.1. The molecule has 1 aliphatic rings. The molecule has 0 radical (unpaired) electrons. The van der Waals surface area contributed by atoms with Gasteiger partial charge in [0.2, 0.25) is 11.8 Å². The predicted molar refractivity (Wildman–Crippen MR) is 61.9 cm³/mol. The standard InChI is InChI=1S/C10H18N2O2S/c13-9(5-7-15)11-6-1-2-10(14)12-8-3-4-8/h8,15H,1-7H2,(H,11,13)(H,12,14). The van der Waals surface area contributed by atoms with Crippen molar-refractivity contribution in [1.82, 2.24) is 10.6 Å². The van der Waals surface area contributed by atoms with E-state index in [9.17, 15) is 9.59 Å². The summed E-state index contributed by atoms with van der Waals surface area (Å²) in [6.07, 6.45) is 3.88. The number of carbonyl (C=O) groups excluding carboxylic acids is 2. The number of nitrogens with one attached hydrogen (secondary N) is 2. The molecular weight excluding hydrogens is 212 g/mol. The monoisotopic (exact) mass is 230 g/mol. The molecule has 5 heteroatoms. The lowest BCUT2D eigenvalue weighted by Gasteiger charge is -2.04. The molecule has 1 aliphatic carbocycles. The van der Waals surface area contributed by atoms with Crippen molar-refractivity contribution in [2.24, 2.45) is 0 Å². The van der Waals surface area contributed by atoms with Crippen LogP contribution in [0.2, 0.25) is 0 Å². The van der Waals surface area contributed by atoms with Gasteiger partial charge in [-0.25, -0.2) is 0 Å². The van der Waals surface area contributed by atoms with E-state index >= 15 is 0 Å². The minimum absolute atomic E-state index is 0.00704. The Morgan fingerprint density at radius 3 is 2.53 bits per heavy atom. The van der Waals surface area contributed by atoms with Crippen LogP contribution in [0.4, 0.5) is 0 Å². The van der Waals surface area contributed by atoms with Gasteiger partial charge in [0.25, 0.3) is 0 Å². The summed E-state index contributed by atoms with van der Waals surface area (Å²) in [5, 5.41) is 5.64. The number of hydrogen-bond donors (Lipinski definition) is 3. The summed E-state index contributed by atoms with van der Waals surface area (Å²) in [6, 6.07) is 0.427. The van der Waals surface area contributed by atoms with Crippen molar-refractivity contribution >= 4 is 24.4 Å². The van der Waals surface area contributed by atoms with E-state index in [4.69, 9.17) is 0 Å². The van der Waals surface area contributed by atoms with E-state index in [1.54, 1.807) is 0 Å². The summed E-state index contributed by atoms with van der Waals surface area (Å²) in [5.74, 6) is 0.669. The molecule has 0 unspecified atom stereocenters. The second-order valence-corrected chi connectivity index (χ2v) is 4.22. The van der Waals surface area contributed by atoms with Crippen molar-refractivity contribution in [2.75, 3.05) is 12.3 Å². The molecule has 0 aromatic carbocycles. The Hall–Kier alpha value is -0.710. The summed E-state index contributed by atoms with van der Waals surface area (Å²) in [5.41, 5.74) is 0. The molecule has 0 aromatic heterocycles. The maximum Gasteiger partial charge on any atom is 0.220 e. The van der Waals surface area contributed by atoms with Gasteiger partial charge in [-0.2, -0.15) is 12.6 Å². The van der Waals surface area contributed by atoms with E-state index in [1.807, 2.05) is 0 Å². The summed E-state index contributed by atoms with van der Waals surface area (Å²) in [7, 11) is 0. The Bertz CT molecular complexity index is 229. The first kappa shape index (κ1) is 12.4. The maximum absolute atomic E-state index is 11.2. The van der Waals surface area contributed by atoms with Crippen molar-refractivity contribution < 1.29 is 9.59 Å². The minimum atomic E-state index is 0.00704. The van der Waals surface area contributed by atoms with Crippen LogP contribution < -0.4 is 10.6 Å². The number of thiol groups is 1. The van der Waals surface area contributed by atoms with Crippen molar-refractivity contribution in [1.29, 1.82) is 0 Å². The molecular formula is C10H18N2O2S. The number of amides is 2. The zero-order valence-corrected chi connectivity index (χ0v) is 9.69. The molecule has 2 amide bonds. The molecule has 15 heavy (non-hydrogen) atoms. The van der Waals surface area contributed by atoms with Gasteiger partial charge in [0.15, 0.2) is 0 Å². The highest BCUT2D eigenvalue weighted by Gasteiger charge is 2.22. The third-order valence-electron chi connectivity index (χ3n) is 2.18. The van der Waals surface area contributed by atoms with E-state index < -0.39 is 0 Å². The first-order valence-corrected chi connectivity index (χ1v) is 6.02. The second kappa shape index (κ2) is 6.71. The topological polar surface area (TPSA) is 58.2 Å². The molecule has 1 saturated carbocycles. The van der Waals surface area contributed by atoms with Gasteiger partial charge < -0.3 is 10.6 Å². The largest absolute Gasteiger partial charge is 0.356 e. The Morgan fingerprint density at radius 1 is 1.20 bits per heavy atom. The summed E-state index contributed by atoms with van der Waals surface area (Å²) in [4.78, 5) is 22.2. The average molecular weight is 230 g/mol. The van der Waals surface area contributed by atoms with Crippen LogP contribution in [0, 0.1) is 0 Å². The molecule has 0 heterocycles. The molecule has 0 spiro atoms. The van der Waals surface area contributed by atoms with Crippen LogP contribution in [0.3, 0.4) is 0 Å². The SMILES string of the molecule is O=C(CCS)NCCCC(=O)NC1CC1. The number of hydrogen-bond acceptors (Lipinski definition) is 3. The molecule has 0 saturated heterocycles. The van der Waals surface area contributed by atoms with Crippen LogP contribution in [0.1, 0.15) is 32.1 Å². The molecule has 0 bridgehead atoms. The first-order valence-electron chi connectivity index (χ1n) is 5.39. The number of carbonyl (C=O) groups is 2. The molecule has 1 fully saturated rings. The van der Waals surface area contributed by atoms with Crippen LogP contribution >= 0.6 is 12.6 Å². The first-order chi connectivity index (χ1) is 7.22. The average Bonchev–Trinajstić information content (AvgIpc) is 2.97. The van der Waals surface area contributed by atoms with Crippen molar-refractivity contribution in [3.05, 3.63) is 0 Å². The van der Waals surface area contributed by atoms with E-state index in [0.29, 0.717) is 37.6 Å². The molecule has 0 atom stereocenters. The van der Waals surface area contributed by atoms with Crippen molar-refractivity contribution in [2.45, 2.75) is 38.1 Å². The van der Waals surface area contributed by atoms with E-state index in [0.717, 1.165) is 12.8 Å². The predicted octanol–water partition coefficient (Wildman–Crippen LogP) is 0.481. The smallest absolute Gasteiger partial charge is 0.220 e. The molecule has 0 aliphatic heterocycles. The van der Waals surface area contributed by atoms with Gasteiger partial charge in [0.05, 0.1) is 0 Å². The van der Waals surface area contributed by atoms with Crippen LogP contribution in [0.5, 0.6) is 0 Å². The third-order valence-corrected chi connectivity index (χ3v) is 2.41. The van der Waals surface area contributed by atoms with Crippen molar-refractivity contribution in [3.63, 3.8) is 0 Å². The van der Waals surface area contributed by atoms with Gasteiger partial charge in [0, 0.05) is 25.4 Å². The lowest BCUT2D eigenvalue weighted by Crippen LogP contribution is -2.28. The van der Waals surface area contributed by atoms with Crippen LogP contribution in [-0.4, -0.2) is 30.2 Å². The highest BCUT2D eigenvalue weighted by Crippen LogP contribution is 2.18. The number of rotatable bonds is 7. The molecule has 86 valence electrons. The maximum atomic E-state index is 11.2. The van der Waals surface area contributed by atoms with Gasteiger partial charge in [-0.3, -0.25) is 9.59 Å². The van der Waals surface area contributed by atoms with Crippen LogP contribution in [0.25, 0.3) is 0 Å². The molecule has 4 nitrogen and oxygen atoms in total. The van der Waals surface area contributed by atoms with E-state index in [1.165, 1.54) is 0 Å². The van der Waals surface area contributed by atoms with Gasteiger partial charge in [0.1, 0.15) is 0 Å². The molecule has 1 rings (SSSR count). The van der Waals surface area contributed by atoms with Gasteiger partial charge >= 0.3 is 0 Å². The summed E-state index contributed by atoms with van der Waals surface area (Å²) >= 11 is 3.96. The van der Waals surface area contributed by atoms with Gasteiger partial charge in [-0.1, -0.05) is 0 Å². The van der Waals surface area contributed by atoms with Crippen LogP contribution in [-0.2, 0) is 9.59 Å². The lowest BCUT2D eigenvalue weighted by atomic mass is 10.3. The van der Waals surface area contributed by atoms with Gasteiger partial charge in [-0.05, 0) is 25.0 Å². The normalized spacial score (nSPS) is 14.7. The fourth-order valence-electron chi connectivity index (χ4n) is 1.19. The molecule has 0 aromatic rings. The van der Waals surface area contributed by atoms with Crippen molar-refractivity contribution in [3.8, 4) is 0 Å². The minimum Gasteiger partial charge on any atom is -0.356 e. The third kappa shape index (κ3) is 6.38. The Labute approximate surface area is 95.6 Å². The summed E-state index contributed by atoms with van der Waals surface area (Å²) in [6.45, 7) is 0.574. The molecule has 2 N–H and O–H groups in total. The summed E-state index contributed by atoms with van der Waals surface area (Å²) < 4.78 is 0. The fraction of sp³-hybridized carbons (Fsp3) is 0.800. The second-order valence-electron chi connectivity index (χ2n) is 3.77. The zero-order chi connectivity index (χ0) is 11.1. The van der Waals surface area contributed by atoms with E-state index in [-0.39, 0.29) is 11.8 Å². The zero-order valence-electron chi connectivity index (χ0n) is 8.79. The Morgan fingerprint density at radius 2 is 1.93 bits per heavy atom. The van der Waals surface area contributed by atoms with Crippen LogP contribution in [0.15, 0.2) is 0 Å². The lowest BCUT2D eigenvalue weighted by molar-refractivity contribution is -0.122. The Balaban J connectivity index is 1.91. The van der Waals surface area contributed by atoms with Gasteiger partial charge in [-0.15, -0.1) is 0 Å². The Kier molecular flexibility index (Phi) is 5.53. The highest BCUT2D eigenvalue weighted by molar-refractivity contribution is 7.80. The van der Waals surface area contributed by atoms with E-state index in [2.05, 4.69) is 23.3 Å². The quantitative estimate of drug-likeness (QED) is 0.440.